The molecule has 0 aliphatic heterocycles. The van der Waals surface area contributed by atoms with Crippen molar-refractivity contribution < 1.29 is 9.13 Å². The van der Waals surface area contributed by atoms with E-state index in [9.17, 15) is 4.39 Å². The fraction of sp³-hybridized carbons (Fsp3) is 0.214. The second kappa shape index (κ2) is 6.12. The van der Waals surface area contributed by atoms with Gasteiger partial charge in [0.15, 0.2) is 0 Å². The number of nitrogens with zero attached hydrogens (tertiary/aromatic N) is 1. The molecule has 1 heterocycles. The topological polar surface area (TPSA) is 48.1 Å². The van der Waals surface area contributed by atoms with Crippen LogP contribution >= 0.6 is 0 Å². The van der Waals surface area contributed by atoms with E-state index in [2.05, 4.69) is 4.98 Å². The third-order valence-corrected chi connectivity index (χ3v) is 2.64. The first kappa shape index (κ1) is 12.5. The smallest absolute Gasteiger partial charge is 0.146 e. The molecule has 2 rings (SSSR count). The van der Waals surface area contributed by atoms with Gasteiger partial charge in [-0.15, -0.1) is 0 Å². The molecule has 1 unspecified atom stereocenters. The molecule has 0 saturated heterocycles. The van der Waals surface area contributed by atoms with E-state index in [0.717, 1.165) is 5.75 Å². The number of ether oxygens (including phenoxy) is 1. The Bertz CT molecular complexity index is 490. The minimum absolute atomic E-state index is 0.371. The van der Waals surface area contributed by atoms with E-state index >= 15 is 0 Å². The minimum atomic E-state index is -0.378. The average Bonchev–Trinajstić information content (AvgIpc) is 2.40. The zero-order valence-electron chi connectivity index (χ0n) is 9.92. The van der Waals surface area contributed by atoms with Gasteiger partial charge in [-0.3, -0.25) is 4.98 Å². The predicted molar refractivity (Wildman–Crippen MR) is 67.7 cm³/mol. The molecule has 0 aliphatic rings. The number of nitrogens with two attached hydrogens (primary N) is 1. The molecule has 0 amide bonds. The molecule has 94 valence electrons. The van der Waals surface area contributed by atoms with Crippen molar-refractivity contribution in [3.8, 4) is 5.75 Å². The average molecular weight is 246 g/mol. The molecule has 0 bridgehead atoms. The second-order valence-corrected chi connectivity index (χ2v) is 3.95. The van der Waals surface area contributed by atoms with Gasteiger partial charge in [-0.1, -0.05) is 18.2 Å². The van der Waals surface area contributed by atoms with Crippen LogP contribution in [0.3, 0.4) is 0 Å². The van der Waals surface area contributed by atoms with Crippen LogP contribution in [0.5, 0.6) is 5.75 Å². The van der Waals surface area contributed by atoms with Gasteiger partial charge in [0.1, 0.15) is 11.6 Å². The fourth-order valence-electron chi connectivity index (χ4n) is 1.66. The van der Waals surface area contributed by atoms with Crippen molar-refractivity contribution in [1.82, 2.24) is 4.98 Å². The molecule has 18 heavy (non-hydrogen) atoms. The molecule has 0 spiro atoms. The highest BCUT2D eigenvalue weighted by atomic mass is 19.1. The summed E-state index contributed by atoms with van der Waals surface area (Å²) in [4.78, 5) is 3.69. The van der Waals surface area contributed by atoms with Gasteiger partial charge < -0.3 is 10.5 Å². The summed E-state index contributed by atoms with van der Waals surface area (Å²) < 4.78 is 18.9. The van der Waals surface area contributed by atoms with E-state index in [-0.39, 0.29) is 11.9 Å². The Kier molecular flexibility index (Phi) is 4.25. The highest BCUT2D eigenvalue weighted by molar-refractivity contribution is 5.21. The summed E-state index contributed by atoms with van der Waals surface area (Å²) in [5.74, 6) is 0.421. The Morgan fingerprint density at radius 3 is 2.72 bits per heavy atom. The molecule has 1 atom stereocenters. The summed E-state index contributed by atoms with van der Waals surface area (Å²) in [6.45, 7) is 0.451. The first-order valence-corrected chi connectivity index (χ1v) is 5.80. The van der Waals surface area contributed by atoms with Gasteiger partial charge in [0.05, 0.1) is 12.8 Å². The molecular formula is C14H15FN2O. The number of aromatic nitrogens is 1. The van der Waals surface area contributed by atoms with Gasteiger partial charge in [-0.05, 0) is 18.2 Å². The fourth-order valence-corrected chi connectivity index (χ4v) is 1.66. The highest BCUT2D eigenvalue weighted by Crippen LogP contribution is 2.17. The molecule has 2 N–H and O–H groups in total. The molecular weight excluding hydrogens is 231 g/mol. The van der Waals surface area contributed by atoms with Crippen LogP contribution in [0.25, 0.3) is 0 Å². The Labute approximate surface area is 105 Å². The van der Waals surface area contributed by atoms with Crippen LogP contribution in [0.2, 0.25) is 0 Å². The van der Waals surface area contributed by atoms with Crippen LogP contribution in [0, 0.1) is 5.82 Å². The number of benzene rings is 1. The zero-order valence-corrected chi connectivity index (χ0v) is 9.92. The molecule has 3 nitrogen and oxygen atoms in total. The van der Waals surface area contributed by atoms with Crippen molar-refractivity contribution in [1.29, 1.82) is 0 Å². The minimum Gasteiger partial charge on any atom is -0.494 e. The number of halogens is 1. The van der Waals surface area contributed by atoms with Crippen LogP contribution < -0.4 is 10.5 Å². The Balaban J connectivity index is 1.86. The zero-order chi connectivity index (χ0) is 12.8. The van der Waals surface area contributed by atoms with Crippen LogP contribution in [-0.4, -0.2) is 11.6 Å². The lowest BCUT2D eigenvalue weighted by Gasteiger charge is -2.13. The van der Waals surface area contributed by atoms with E-state index in [1.807, 2.05) is 30.3 Å². The Morgan fingerprint density at radius 1 is 1.22 bits per heavy atom. The lowest BCUT2D eigenvalue weighted by molar-refractivity contribution is 0.297. The maximum atomic E-state index is 13.4. The molecule has 0 fully saturated rings. The molecule has 4 heteroatoms. The van der Waals surface area contributed by atoms with Crippen molar-refractivity contribution in [3.63, 3.8) is 0 Å². The van der Waals surface area contributed by atoms with E-state index in [1.165, 1.54) is 12.4 Å². The largest absolute Gasteiger partial charge is 0.494 e. The van der Waals surface area contributed by atoms with Gasteiger partial charge >= 0.3 is 0 Å². The number of hydrogen-bond acceptors (Lipinski definition) is 3. The summed E-state index contributed by atoms with van der Waals surface area (Å²) in [6, 6.07) is 10.7. The maximum absolute atomic E-state index is 13.4. The van der Waals surface area contributed by atoms with Crippen molar-refractivity contribution in [3.05, 3.63) is 60.2 Å². The van der Waals surface area contributed by atoms with Gasteiger partial charge in [0.25, 0.3) is 0 Å². The van der Waals surface area contributed by atoms with Crippen LogP contribution in [0.15, 0.2) is 48.8 Å². The van der Waals surface area contributed by atoms with E-state index < -0.39 is 0 Å². The van der Waals surface area contributed by atoms with E-state index in [4.69, 9.17) is 10.5 Å². The standard InChI is InChI=1S/C14H15FN2O/c15-13-10-17-8-6-12(13)14(16)7-9-18-11-4-2-1-3-5-11/h1-6,8,10,14H,7,9,16H2. The first-order chi connectivity index (χ1) is 8.77. The molecule has 2 aromatic rings. The number of para-hydroxylation sites is 1. The Hall–Kier alpha value is -1.94. The maximum Gasteiger partial charge on any atom is 0.146 e. The molecule has 1 aromatic carbocycles. The molecule has 0 aliphatic carbocycles. The van der Waals surface area contributed by atoms with E-state index in [1.54, 1.807) is 6.07 Å². The van der Waals surface area contributed by atoms with Crippen molar-refractivity contribution >= 4 is 0 Å². The summed E-state index contributed by atoms with van der Waals surface area (Å²) in [7, 11) is 0. The lowest BCUT2D eigenvalue weighted by atomic mass is 10.1. The third-order valence-electron chi connectivity index (χ3n) is 2.64. The normalized spacial score (nSPS) is 12.1. The quantitative estimate of drug-likeness (QED) is 0.882. The summed E-state index contributed by atoms with van der Waals surface area (Å²) in [6.07, 6.45) is 3.26. The summed E-state index contributed by atoms with van der Waals surface area (Å²) >= 11 is 0. The highest BCUT2D eigenvalue weighted by Gasteiger charge is 2.11. The molecule has 0 saturated carbocycles. The van der Waals surface area contributed by atoms with Crippen LogP contribution in [0.1, 0.15) is 18.0 Å². The second-order valence-electron chi connectivity index (χ2n) is 3.95. The van der Waals surface area contributed by atoms with Gasteiger partial charge in [-0.25, -0.2) is 4.39 Å². The third kappa shape index (κ3) is 3.28. The SMILES string of the molecule is NC(CCOc1ccccc1)c1ccncc1F. The monoisotopic (exact) mass is 246 g/mol. The van der Waals surface area contributed by atoms with Crippen molar-refractivity contribution in [2.45, 2.75) is 12.5 Å². The number of rotatable bonds is 5. The van der Waals surface area contributed by atoms with Crippen LogP contribution in [-0.2, 0) is 0 Å². The van der Waals surface area contributed by atoms with Crippen LogP contribution in [0.4, 0.5) is 4.39 Å². The number of pyridine rings is 1. The molecule has 1 aromatic heterocycles. The van der Waals surface area contributed by atoms with Gasteiger partial charge in [0, 0.05) is 24.2 Å². The molecule has 0 radical (unpaired) electrons. The van der Waals surface area contributed by atoms with Gasteiger partial charge in [-0.2, -0.15) is 0 Å². The van der Waals surface area contributed by atoms with Crippen molar-refractivity contribution in [2.24, 2.45) is 5.73 Å². The Morgan fingerprint density at radius 2 is 2.00 bits per heavy atom. The summed E-state index contributed by atoms with van der Waals surface area (Å²) in [5.41, 5.74) is 6.39. The van der Waals surface area contributed by atoms with E-state index in [0.29, 0.717) is 18.6 Å². The predicted octanol–water partition coefficient (Wildman–Crippen LogP) is 2.69. The van der Waals surface area contributed by atoms with Crippen molar-refractivity contribution in [2.75, 3.05) is 6.61 Å². The number of hydrogen-bond donors (Lipinski definition) is 1. The van der Waals surface area contributed by atoms with Gasteiger partial charge in [0.2, 0.25) is 0 Å². The first-order valence-electron chi connectivity index (χ1n) is 5.80. The lowest BCUT2D eigenvalue weighted by Crippen LogP contribution is -2.15. The summed E-state index contributed by atoms with van der Waals surface area (Å²) in [5, 5.41) is 0.